The SMILES string of the molecule is CNC(=O)c1ccc(-c2cc3c(cc2Cl)OC2(CCN(C4CCC4)CC2)OC3)cc1F. The lowest BCUT2D eigenvalue weighted by molar-refractivity contribution is -0.231. The minimum absolute atomic E-state index is 0.00202. The number of carbonyl (C=O) groups is 1. The number of fused-ring (bicyclic) bond motifs is 1. The van der Waals surface area contributed by atoms with Crippen molar-refractivity contribution in [2.45, 2.75) is 50.5 Å². The van der Waals surface area contributed by atoms with Crippen LogP contribution in [0.3, 0.4) is 0 Å². The molecule has 0 bridgehead atoms. The van der Waals surface area contributed by atoms with Gasteiger partial charge in [0.25, 0.3) is 5.91 Å². The standard InChI is InChI=1S/C24H26ClFN2O3/c1-27-23(29)18-6-5-15(12-21(18)26)19-11-16-14-30-24(31-22(16)13-20(19)25)7-9-28(10-8-24)17-3-2-4-17/h5-6,11-13,17H,2-4,7-10,14H2,1H3,(H,27,29). The van der Waals surface area contributed by atoms with Crippen molar-refractivity contribution in [1.82, 2.24) is 10.2 Å². The summed E-state index contributed by atoms with van der Waals surface area (Å²) in [5.41, 5.74) is 2.18. The molecule has 0 unspecified atom stereocenters. The summed E-state index contributed by atoms with van der Waals surface area (Å²) in [6.45, 7) is 2.41. The molecular formula is C24H26ClFN2O3. The van der Waals surface area contributed by atoms with E-state index < -0.39 is 17.5 Å². The van der Waals surface area contributed by atoms with Gasteiger partial charge in [0.05, 0.1) is 17.2 Å². The van der Waals surface area contributed by atoms with E-state index in [0.717, 1.165) is 43.3 Å². The fraction of sp³-hybridized carbons (Fsp3) is 0.458. The van der Waals surface area contributed by atoms with Gasteiger partial charge in [0.15, 0.2) is 0 Å². The van der Waals surface area contributed by atoms with Crippen LogP contribution in [0.1, 0.15) is 48.0 Å². The molecule has 164 valence electrons. The molecule has 2 aromatic rings. The Hall–Kier alpha value is -2.15. The monoisotopic (exact) mass is 444 g/mol. The Kier molecular flexibility index (Phi) is 5.40. The summed E-state index contributed by atoms with van der Waals surface area (Å²) in [4.78, 5) is 14.3. The molecule has 5 rings (SSSR count). The van der Waals surface area contributed by atoms with Gasteiger partial charge in [0, 0.05) is 50.1 Å². The van der Waals surface area contributed by atoms with Crippen molar-refractivity contribution in [2.24, 2.45) is 0 Å². The summed E-state index contributed by atoms with van der Waals surface area (Å²) in [5, 5.41) is 2.92. The molecule has 3 aliphatic rings. The van der Waals surface area contributed by atoms with E-state index in [2.05, 4.69) is 10.2 Å². The summed E-state index contributed by atoms with van der Waals surface area (Å²) in [5.74, 6) is -0.898. The number of carbonyl (C=O) groups excluding carboxylic acids is 1. The van der Waals surface area contributed by atoms with Gasteiger partial charge in [-0.25, -0.2) is 4.39 Å². The van der Waals surface area contributed by atoms with Gasteiger partial charge in [-0.2, -0.15) is 0 Å². The van der Waals surface area contributed by atoms with E-state index >= 15 is 0 Å². The van der Waals surface area contributed by atoms with Crippen molar-refractivity contribution < 1.29 is 18.7 Å². The predicted molar refractivity (Wildman–Crippen MR) is 117 cm³/mol. The summed E-state index contributed by atoms with van der Waals surface area (Å²) in [7, 11) is 1.47. The number of nitrogens with zero attached hydrogens (tertiary/aromatic N) is 1. The molecule has 1 spiro atoms. The van der Waals surface area contributed by atoms with Gasteiger partial charge in [-0.1, -0.05) is 24.1 Å². The molecule has 1 saturated carbocycles. The molecule has 2 aromatic carbocycles. The lowest BCUT2D eigenvalue weighted by Crippen LogP contribution is -2.54. The van der Waals surface area contributed by atoms with Gasteiger partial charge in [0.1, 0.15) is 11.6 Å². The Morgan fingerprint density at radius 3 is 2.65 bits per heavy atom. The largest absolute Gasteiger partial charge is 0.462 e. The van der Waals surface area contributed by atoms with Crippen molar-refractivity contribution >= 4 is 17.5 Å². The van der Waals surface area contributed by atoms with E-state index in [9.17, 15) is 9.18 Å². The third-order valence-electron chi connectivity index (χ3n) is 6.84. The van der Waals surface area contributed by atoms with Gasteiger partial charge in [-0.3, -0.25) is 9.69 Å². The summed E-state index contributed by atoms with van der Waals surface area (Å²) < 4.78 is 27.0. The zero-order valence-electron chi connectivity index (χ0n) is 17.5. The number of rotatable bonds is 3. The predicted octanol–water partition coefficient (Wildman–Crippen LogP) is 4.76. The number of piperidine rings is 1. The Morgan fingerprint density at radius 2 is 2.00 bits per heavy atom. The maximum absolute atomic E-state index is 14.4. The van der Waals surface area contributed by atoms with Crippen molar-refractivity contribution in [3.63, 3.8) is 0 Å². The highest BCUT2D eigenvalue weighted by Crippen LogP contribution is 2.43. The van der Waals surface area contributed by atoms with Crippen LogP contribution in [0.25, 0.3) is 11.1 Å². The Morgan fingerprint density at radius 1 is 1.23 bits per heavy atom. The van der Waals surface area contributed by atoms with E-state index in [1.807, 2.05) is 6.07 Å². The number of halogens is 2. The van der Waals surface area contributed by atoms with Gasteiger partial charge >= 0.3 is 0 Å². The normalized spacial score (nSPS) is 20.6. The molecule has 0 atom stereocenters. The molecule has 1 amide bonds. The third kappa shape index (κ3) is 3.81. The first-order chi connectivity index (χ1) is 15.0. The number of amides is 1. The van der Waals surface area contributed by atoms with Crippen molar-refractivity contribution in [3.8, 4) is 16.9 Å². The van der Waals surface area contributed by atoms with Crippen LogP contribution in [0.2, 0.25) is 5.02 Å². The number of likely N-dealkylation sites (tertiary alicyclic amines) is 1. The van der Waals surface area contributed by atoms with Crippen molar-refractivity contribution in [2.75, 3.05) is 20.1 Å². The average Bonchev–Trinajstić information content (AvgIpc) is 2.73. The minimum Gasteiger partial charge on any atom is -0.462 e. The van der Waals surface area contributed by atoms with Crippen molar-refractivity contribution in [1.29, 1.82) is 0 Å². The number of nitrogens with one attached hydrogen (secondary N) is 1. The smallest absolute Gasteiger partial charge is 0.253 e. The highest BCUT2D eigenvalue weighted by atomic mass is 35.5. The number of hydrogen-bond acceptors (Lipinski definition) is 4. The fourth-order valence-corrected chi connectivity index (χ4v) is 4.96. The van der Waals surface area contributed by atoms with Crippen LogP contribution in [0.15, 0.2) is 30.3 Å². The zero-order valence-corrected chi connectivity index (χ0v) is 18.3. The summed E-state index contributed by atoms with van der Waals surface area (Å²) in [6.07, 6.45) is 5.64. The highest BCUT2D eigenvalue weighted by molar-refractivity contribution is 6.33. The number of benzene rings is 2. The van der Waals surface area contributed by atoms with E-state index in [1.165, 1.54) is 38.4 Å². The Labute approximate surface area is 186 Å². The average molecular weight is 445 g/mol. The molecule has 31 heavy (non-hydrogen) atoms. The Bertz CT molecular complexity index is 1020. The fourth-order valence-electron chi connectivity index (χ4n) is 4.70. The van der Waals surface area contributed by atoms with E-state index in [4.69, 9.17) is 21.1 Å². The zero-order chi connectivity index (χ0) is 21.6. The summed E-state index contributed by atoms with van der Waals surface area (Å²) in [6, 6.07) is 8.93. The first-order valence-electron chi connectivity index (χ1n) is 10.9. The maximum atomic E-state index is 14.4. The second-order valence-corrected chi connectivity index (χ2v) is 9.04. The maximum Gasteiger partial charge on any atom is 0.253 e. The number of ether oxygens (including phenoxy) is 2. The van der Waals surface area contributed by atoms with Crippen LogP contribution in [0.4, 0.5) is 4.39 Å². The van der Waals surface area contributed by atoms with E-state index in [1.54, 1.807) is 12.1 Å². The molecule has 1 aliphatic carbocycles. The lowest BCUT2D eigenvalue weighted by Gasteiger charge is -2.47. The van der Waals surface area contributed by atoms with Crippen LogP contribution < -0.4 is 10.1 Å². The Balaban J connectivity index is 1.36. The molecule has 2 heterocycles. The van der Waals surface area contributed by atoms with Crippen LogP contribution >= 0.6 is 11.6 Å². The molecule has 7 heteroatoms. The first kappa shape index (κ1) is 20.7. The molecule has 1 N–H and O–H groups in total. The van der Waals surface area contributed by atoms with Crippen LogP contribution in [0.5, 0.6) is 5.75 Å². The first-order valence-corrected chi connectivity index (χ1v) is 11.3. The van der Waals surface area contributed by atoms with Gasteiger partial charge in [0.2, 0.25) is 5.79 Å². The van der Waals surface area contributed by atoms with Gasteiger partial charge in [-0.15, -0.1) is 0 Å². The molecule has 1 saturated heterocycles. The highest BCUT2D eigenvalue weighted by Gasteiger charge is 2.43. The molecule has 0 radical (unpaired) electrons. The lowest BCUT2D eigenvalue weighted by atomic mass is 9.89. The second-order valence-electron chi connectivity index (χ2n) is 8.64. The van der Waals surface area contributed by atoms with Crippen molar-refractivity contribution in [3.05, 3.63) is 52.3 Å². The number of hydrogen-bond donors (Lipinski definition) is 1. The van der Waals surface area contributed by atoms with Crippen LogP contribution in [-0.4, -0.2) is 42.8 Å². The summed E-state index contributed by atoms with van der Waals surface area (Å²) >= 11 is 6.57. The van der Waals surface area contributed by atoms with E-state index in [-0.39, 0.29) is 5.56 Å². The van der Waals surface area contributed by atoms with Gasteiger partial charge < -0.3 is 14.8 Å². The topological polar surface area (TPSA) is 50.8 Å². The second kappa shape index (κ2) is 8.08. The van der Waals surface area contributed by atoms with E-state index in [0.29, 0.717) is 22.8 Å². The van der Waals surface area contributed by atoms with Crippen LogP contribution in [0, 0.1) is 5.82 Å². The van der Waals surface area contributed by atoms with Gasteiger partial charge in [-0.05, 0) is 42.7 Å². The molecule has 0 aromatic heterocycles. The quantitative estimate of drug-likeness (QED) is 0.741. The minimum atomic E-state index is -0.588. The molecular weight excluding hydrogens is 419 g/mol. The third-order valence-corrected chi connectivity index (χ3v) is 7.15. The molecule has 2 aliphatic heterocycles. The molecule has 2 fully saturated rings. The van der Waals surface area contributed by atoms with Crippen LogP contribution in [-0.2, 0) is 11.3 Å². The molecule has 5 nitrogen and oxygen atoms in total.